The predicted molar refractivity (Wildman–Crippen MR) is 97.4 cm³/mol. The zero-order valence-electron chi connectivity index (χ0n) is 15.2. The quantitative estimate of drug-likeness (QED) is 0.337. The average molecular weight is 314 g/mol. The largest absolute Gasteiger partial charge is 0.457 e. The Kier molecular flexibility index (Phi) is 8.39. The van der Waals surface area contributed by atoms with Crippen molar-refractivity contribution in [1.29, 1.82) is 0 Å². The summed E-state index contributed by atoms with van der Waals surface area (Å²) in [6.45, 7) is 10.8. The normalized spacial score (nSPS) is 12.6. The minimum absolute atomic E-state index is 0.253. The van der Waals surface area contributed by atoms with Crippen molar-refractivity contribution >= 4 is 5.97 Å². The van der Waals surface area contributed by atoms with Crippen LogP contribution in [0.1, 0.15) is 70.9 Å². The molecule has 0 aliphatic carbocycles. The van der Waals surface area contributed by atoms with Gasteiger partial charge in [0.1, 0.15) is 6.61 Å². The Labute approximate surface area is 141 Å². The molecule has 0 amide bonds. The standard InChI is InChI=1S/C21H30O2/c1-6-8-9-17(5)14-19(7-2)21(22)23-15-18-10-12-20(13-11-18)16(3)4/h7,10-14,16H,6,8-9,15H2,1-5H3/b17-14-,19-7+. The van der Waals surface area contributed by atoms with Crippen LogP contribution in [0.3, 0.4) is 0 Å². The number of unbranched alkanes of at least 4 members (excludes halogenated alkanes) is 1. The van der Waals surface area contributed by atoms with Crippen molar-refractivity contribution in [2.24, 2.45) is 0 Å². The molecule has 0 radical (unpaired) electrons. The Morgan fingerprint density at radius 2 is 1.87 bits per heavy atom. The number of hydrogen-bond acceptors (Lipinski definition) is 2. The van der Waals surface area contributed by atoms with E-state index in [1.54, 1.807) is 0 Å². The van der Waals surface area contributed by atoms with Gasteiger partial charge in [-0.1, -0.05) is 63.1 Å². The van der Waals surface area contributed by atoms with Crippen LogP contribution < -0.4 is 0 Å². The van der Waals surface area contributed by atoms with Crippen molar-refractivity contribution in [3.63, 3.8) is 0 Å². The number of carbonyl (C=O) groups is 1. The molecule has 0 heterocycles. The minimum Gasteiger partial charge on any atom is -0.457 e. The molecule has 0 aromatic heterocycles. The van der Waals surface area contributed by atoms with Gasteiger partial charge in [-0.2, -0.15) is 0 Å². The maximum atomic E-state index is 12.2. The first-order valence-electron chi connectivity index (χ1n) is 8.57. The fourth-order valence-corrected chi connectivity index (χ4v) is 2.28. The molecule has 0 saturated carbocycles. The Balaban J connectivity index is 2.60. The molecular weight excluding hydrogens is 284 g/mol. The molecule has 126 valence electrons. The van der Waals surface area contributed by atoms with Crippen LogP contribution in [0, 0.1) is 0 Å². The zero-order valence-corrected chi connectivity index (χ0v) is 15.2. The van der Waals surface area contributed by atoms with Crippen LogP contribution in [0.15, 0.2) is 47.6 Å². The molecule has 0 aliphatic heterocycles. The van der Waals surface area contributed by atoms with E-state index in [0.717, 1.165) is 24.8 Å². The Morgan fingerprint density at radius 1 is 1.22 bits per heavy atom. The van der Waals surface area contributed by atoms with E-state index >= 15 is 0 Å². The first kappa shape index (κ1) is 19.2. The van der Waals surface area contributed by atoms with Gasteiger partial charge < -0.3 is 4.74 Å². The number of hydrogen-bond donors (Lipinski definition) is 0. The third-order valence-corrected chi connectivity index (χ3v) is 3.89. The molecule has 0 unspecified atom stereocenters. The predicted octanol–water partition coefficient (Wildman–Crippen LogP) is 5.94. The number of ether oxygens (including phenoxy) is 1. The number of rotatable bonds is 8. The number of esters is 1. The van der Waals surface area contributed by atoms with E-state index in [1.807, 2.05) is 31.2 Å². The van der Waals surface area contributed by atoms with Gasteiger partial charge in [-0.15, -0.1) is 0 Å². The maximum Gasteiger partial charge on any atom is 0.338 e. The van der Waals surface area contributed by atoms with Crippen LogP contribution in [-0.2, 0) is 16.1 Å². The smallest absolute Gasteiger partial charge is 0.338 e. The molecule has 2 nitrogen and oxygen atoms in total. The molecule has 2 heteroatoms. The van der Waals surface area contributed by atoms with Crippen LogP contribution in [0.5, 0.6) is 0 Å². The molecule has 0 fully saturated rings. The van der Waals surface area contributed by atoms with Crippen molar-refractivity contribution in [3.8, 4) is 0 Å². The van der Waals surface area contributed by atoms with Gasteiger partial charge in [-0.25, -0.2) is 4.79 Å². The third-order valence-electron chi connectivity index (χ3n) is 3.89. The lowest BCUT2D eigenvalue weighted by Gasteiger charge is -2.09. The lowest BCUT2D eigenvalue weighted by molar-refractivity contribution is -0.139. The van der Waals surface area contributed by atoms with Crippen molar-refractivity contribution in [2.75, 3.05) is 0 Å². The van der Waals surface area contributed by atoms with Gasteiger partial charge in [-0.05, 0) is 49.8 Å². The SMILES string of the molecule is C/C=C(\C=C(\C)CCCC)C(=O)OCc1ccc(C(C)C)cc1. The van der Waals surface area contributed by atoms with Gasteiger partial charge >= 0.3 is 5.97 Å². The van der Waals surface area contributed by atoms with Crippen LogP contribution in [0.4, 0.5) is 0 Å². The average Bonchev–Trinajstić information content (AvgIpc) is 2.55. The molecule has 1 rings (SSSR count). The molecule has 23 heavy (non-hydrogen) atoms. The molecule has 1 aromatic rings. The summed E-state index contributed by atoms with van der Waals surface area (Å²) in [6.07, 6.45) is 7.10. The summed E-state index contributed by atoms with van der Waals surface area (Å²) < 4.78 is 5.44. The van der Waals surface area contributed by atoms with Gasteiger partial charge in [0.2, 0.25) is 0 Å². The summed E-state index contributed by atoms with van der Waals surface area (Å²) in [5.41, 5.74) is 4.17. The number of carbonyl (C=O) groups excluding carboxylic acids is 1. The summed E-state index contributed by atoms with van der Waals surface area (Å²) in [4.78, 5) is 12.2. The first-order valence-corrected chi connectivity index (χ1v) is 8.57. The topological polar surface area (TPSA) is 26.3 Å². The first-order chi connectivity index (χ1) is 11.0. The monoisotopic (exact) mass is 314 g/mol. The highest BCUT2D eigenvalue weighted by Gasteiger charge is 2.09. The summed E-state index contributed by atoms with van der Waals surface area (Å²) in [6, 6.07) is 8.25. The van der Waals surface area contributed by atoms with E-state index < -0.39 is 0 Å². The zero-order chi connectivity index (χ0) is 17.2. The van der Waals surface area contributed by atoms with E-state index in [4.69, 9.17) is 4.74 Å². The Morgan fingerprint density at radius 3 is 2.39 bits per heavy atom. The Bertz CT molecular complexity index is 548. The van der Waals surface area contributed by atoms with Gasteiger partial charge in [0, 0.05) is 0 Å². The second kappa shape index (κ2) is 10.0. The molecule has 0 aliphatic rings. The lowest BCUT2D eigenvalue weighted by atomic mass is 10.0. The molecule has 0 N–H and O–H groups in total. The molecule has 0 atom stereocenters. The fourth-order valence-electron chi connectivity index (χ4n) is 2.28. The van der Waals surface area contributed by atoms with E-state index in [-0.39, 0.29) is 5.97 Å². The highest BCUT2D eigenvalue weighted by atomic mass is 16.5. The van der Waals surface area contributed by atoms with Crippen molar-refractivity contribution in [1.82, 2.24) is 0 Å². The maximum absolute atomic E-state index is 12.2. The summed E-state index contributed by atoms with van der Waals surface area (Å²) in [5.74, 6) is 0.258. The minimum atomic E-state index is -0.253. The van der Waals surface area contributed by atoms with Crippen LogP contribution >= 0.6 is 0 Å². The van der Waals surface area contributed by atoms with Gasteiger partial charge in [0.25, 0.3) is 0 Å². The van der Waals surface area contributed by atoms with E-state index in [0.29, 0.717) is 18.1 Å². The van der Waals surface area contributed by atoms with Gasteiger partial charge in [0.15, 0.2) is 0 Å². The summed E-state index contributed by atoms with van der Waals surface area (Å²) in [5, 5.41) is 0. The summed E-state index contributed by atoms with van der Waals surface area (Å²) in [7, 11) is 0. The molecule has 0 spiro atoms. The van der Waals surface area contributed by atoms with Crippen LogP contribution in [0.25, 0.3) is 0 Å². The molecule has 0 saturated heterocycles. The van der Waals surface area contributed by atoms with E-state index in [2.05, 4.69) is 39.8 Å². The highest BCUT2D eigenvalue weighted by Crippen LogP contribution is 2.16. The van der Waals surface area contributed by atoms with Gasteiger partial charge in [0.05, 0.1) is 5.57 Å². The second-order valence-corrected chi connectivity index (χ2v) is 6.31. The number of benzene rings is 1. The third kappa shape index (κ3) is 6.85. The van der Waals surface area contributed by atoms with Crippen LogP contribution in [0.2, 0.25) is 0 Å². The number of allylic oxidation sites excluding steroid dienone is 2. The lowest BCUT2D eigenvalue weighted by Crippen LogP contribution is -2.07. The highest BCUT2D eigenvalue weighted by molar-refractivity contribution is 5.91. The Hall–Kier alpha value is -1.83. The van der Waals surface area contributed by atoms with Crippen molar-refractivity contribution in [2.45, 2.75) is 66.4 Å². The van der Waals surface area contributed by atoms with Crippen LogP contribution in [-0.4, -0.2) is 5.97 Å². The van der Waals surface area contributed by atoms with E-state index in [1.165, 1.54) is 11.1 Å². The second-order valence-electron chi connectivity index (χ2n) is 6.31. The van der Waals surface area contributed by atoms with E-state index in [9.17, 15) is 4.79 Å². The molecular formula is C21H30O2. The van der Waals surface area contributed by atoms with Crippen molar-refractivity contribution < 1.29 is 9.53 Å². The van der Waals surface area contributed by atoms with Gasteiger partial charge in [-0.3, -0.25) is 0 Å². The molecule has 1 aromatic carbocycles. The summed E-state index contributed by atoms with van der Waals surface area (Å²) >= 11 is 0. The fraction of sp³-hybridized carbons (Fsp3) is 0.476. The molecule has 0 bridgehead atoms. The van der Waals surface area contributed by atoms with Crippen molar-refractivity contribution in [3.05, 3.63) is 58.7 Å².